The van der Waals surface area contributed by atoms with Crippen molar-refractivity contribution in [1.29, 1.82) is 0 Å². The third-order valence-corrected chi connectivity index (χ3v) is 5.75. The zero-order valence-corrected chi connectivity index (χ0v) is 18.1. The number of amides is 2. The van der Waals surface area contributed by atoms with Gasteiger partial charge in [-0.05, 0) is 55.2 Å². The van der Waals surface area contributed by atoms with Crippen LogP contribution in [-0.2, 0) is 17.4 Å². The quantitative estimate of drug-likeness (QED) is 0.490. The van der Waals surface area contributed by atoms with Crippen molar-refractivity contribution in [2.24, 2.45) is 0 Å². The Bertz CT molecular complexity index is 1010. The smallest absolute Gasteiger partial charge is 0.398 e. The Balaban J connectivity index is 1.48. The molecule has 0 bridgehead atoms. The Kier molecular flexibility index (Phi) is 7.30. The number of halogens is 4. The van der Waals surface area contributed by atoms with Crippen LogP contribution in [0.1, 0.15) is 33.5 Å². The van der Waals surface area contributed by atoms with Gasteiger partial charge in [0, 0.05) is 29.3 Å². The van der Waals surface area contributed by atoms with Crippen LogP contribution in [0, 0.1) is 6.92 Å². The fourth-order valence-electron chi connectivity index (χ4n) is 3.67. The Labute approximate surface area is 188 Å². The molecule has 1 saturated heterocycles. The Morgan fingerprint density at radius 1 is 1.22 bits per heavy atom. The van der Waals surface area contributed by atoms with Crippen molar-refractivity contribution in [3.05, 3.63) is 63.7 Å². The third kappa shape index (κ3) is 6.14. The van der Waals surface area contributed by atoms with Crippen LogP contribution in [0.5, 0.6) is 0 Å². The zero-order chi connectivity index (χ0) is 23.5. The summed E-state index contributed by atoms with van der Waals surface area (Å²) in [5, 5.41) is 9.22. The fourth-order valence-corrected chi connectivity index (χ4v) is 3.78. The standard InChI is InChI=1S/C22H24ClF3N4O2/c1-12-6-13(2-4-18(12)23)7-15-9-16(10-28-15)30-20(31)11-29-21(32)17-8-14(22(24,25)26)3-5-19(17)27/h2-6,8,15-16,28H,7,9-11,27H2,1H3,(H,29,32)(H,30,31). The van der Waals surface area contributed by atoms with E-state index in [0.717, 1.165) is 29.7 Å². The first kappa shape index (κ1) is 23.9. The summed E-state index contributed by atoms with van der Waals surface area (Å²) in [5.74, 6) is -1.28. The van der Waals surface area contributed by atoms with Gasteiger partial charge in [0.1, 0.15) is 0 Å². The number of carbonyl (C=O) groups excluding carboxylic acids is 2. The summed E-state index contributed by atoms with van der Waals surface area (Å²) in [5.41, 5.74) is 6.36. The molecule has 0 aliphatic carbocycles. The summed E-state index contributed by atoms with van der Waals surface area (Å²) in [7, 11) is 0. The van der Waals surface area contributed by atoms with E-state index < -0.39 is 23.6 Å². The van der Waals surface area contributed by atoms with Gasteiger partial charge in [-0.2, -0.15) is 13.2 Å². The second-order valence-corrected chi connectivity index (χ2v) is 8.28. The molecule has 2 atom stereocenters. The van der Waals surface area contributed by atoms with Crippen LogP contribution in [-0.4, -0.2) is 37.0 Å². The van der Waals surface area contributed by atoms with Gasteiger partial charge in [0.2, 0.25) is 5.91 Å². The average molecular weight is 469 g/mol. The molecule has 2 aromatic rings. The molecule has 2 aromatic carbocycles. The van der Waals surface area contributed by atoms with Crippen molar-refractivity contribution in [2.45, 2.75) is 38.0 Å². The largest absolute Gasteiger partial charge is 0.416 e. The SMILES string of the molecule is Cc1cc(CC2CC(NC(=O)CNC(=O)c3cc(C(F)(F)F)ccc3N)CN2)ccc1Cl. The first-order valence-corrected chi connectivity index (χ1v) is 10.4. The molecule has 2 amide bonds. The number of rotatable bonds is 6. The summed E-state index contributed by atoms with van der Waals surface area (Å²) >= 11 is 6.06. The Morgan fingerprint density at radius 2 is 1.97 bits per heavy atom. The number of alkyl halides is 3. The number of nitrogens with one attached hydrogen (secondary N) is 3. The van der Waals surface area contributed by atoms with Crippen molar-refractivity contribution in [3.8, 4) is 0 Å². The molecule has 1 heterocycles. The first-order valence-electron chi connectivity index (χ1n) is 10.1. The number of nitrogens with two attached hydrogens (primary N) is 1. The second-order valence-electron chi connectivity index (χ2n) is 7.88. The highest BCUT2D eigenvalue weighted by molar-refractivity contribution is 6.31. The summed E-state index contributed by atoms with van der Waals surface area (Å²) in [6.07, 6.45) is -3.10. The van der Waals surface area contributed by atoms with E-state index in [1.54, 1.807) is 0 Å². The van der Waals surface area contributed by atoms with E-state index in [4.69, 9.17) is 17.3 Å². The van der Waals surface area contributed by atoms with Crippen LogP contribution in [0.2, 0.25) is 5.02 Å². The summed E-state index contributed by atoms with van der Waals surface area (Å²) in [6, 6.07) is 8.42. The van der Waals surface area contributed by atoms with E-state index in [-0.39, 0.29) is 29.9 Å². The molecule has 6 nitrogen and oxygen atoms in total. The van der Waals surface area contributed by atoms with E-state index in [0.29, 0.717) is 24.1 Å². The van der Waals surface area contributed by atoms with Gasteiger partial charge >= 0.3 is 6.18 Å². The molecule has 0 spiro atoms. The molecule has 5 N–H and O–H groups in total. The summed E-state index contributed by atoms with van der Waals surface area (Å²) in [4.78, 5) is 24.4. The number of benzene rings is 2. The van der Waals surface area contributed by atoms with Gasteiger partial charge in [-0.1, -0.05) is 23.7 Å². The molecule has 0 radical (unpaired) electrons. The molecule has 3 rings (SSSR count). The van der Waals surface area contributed by atoms with Crippen molar-refractivity contribution in [2.75, 3.05) is 18.8 Å². The minimum Gasteiger partial charge on any atom is -0.398 e. The first-order chi connectivity index (χ1) is 15.0. The maximum atomic E-state index is 12.9. The van der Waals surface area contributed by atoms with E-state index >= 15 is 0 Å². The van der Waals surface area contributed by atoms with Gasteiger partial charge in [-0.25, -0.2) is 0 Å². The van der Waals surface area contributed by atoms with Gasteiger partial charge < -0.3 is 21.7 Å². The number of hydrogen-bond donors (Lipinski definition) is 4. The van der Waals surface area contributed by atoms with Gasteiger partial charge in [-0.3, -0.25) is 9.59 Å². The highest BCUT2D eigenvalue weighted by Gasteiger charge is 2.31. The Morgan fingerprint density at radius 3 is 2.66 bits per heavy atom. The number of aryl methyl sites for hydroxylation is 1. The molecular weight excluding hydrogens is 445 g/mol. The maximum absolute atomic E-state index is 12.9. The summed E-state index contributed by atoms with van der Waals surface area (Å²) < 4.78 is 38.6. The molecule has 10 heteroatoms. The van der Waals surface area contributed by atoms with Crippen LogP contribution >= 0.6 is 11.6 Å². The van der Waals surface area contributed by atoms with Gasteiger partial charge in [0.05, 0.1) is 17.7 Å². The molecule has 2 unspecified atom stereocenters. The number of nitrogen functional groups attached to an aromatic ring is 1. The van der Waals surface area contributed by atoms with Crippen LogP contribution in [0.3, 0.4) is 0 Å². The molecule has 1 fully saturated rings. The predicted molar refractivity (Wildman–Crippen MR) is 116 cm³/mol. The van der Waals surface area contributed by atoms with E-state index in [2.05, 4.69) is 16.0 Å². The molecule has 1 aliphatic rings. The van der Waals surface area contributed by atoms with Crippen LogP contribution < -0.4 is 21.7 Å². The number of anilines is 1. The molecule has 32 heavy (non-hydrogen) atoms. The highest BCUT2D eigenvalue weighted by Crippen LogP contribution is 2.31. The lowest BCUT2D eigenvalue weighted by atomic mass is 10.0. The van der Waals surface area contributed by atoms with E-state index in [9.17, 15) is 22.8 Å². The van der Waals surface area contributed by atoms with Crippen molar-refractivity contribution in [3.63, 3.8) is 0 Å². The van der Waals surface area contributed by atoms with Crippen LogP contribution in [0.25, 0.3) is 0 Å². The van der Waals surface area contributed by atoms with Gasteiger partial charge in [0.25, 0.3) is 5.91 Å². The summed E-state index contributed by atoms with van der Waals surface area (Å²) in [6.45, 7) is 2.15. The fraction of sp³-hybridized carbons (Fsp3) is 0.364. The maximum Gasteiger partial charge on any atom is 0.416 e. The predicted octanol–water partition coefficient (Wildman–Crippen LogP) is 3.07. The third-order valence-electron chi connectivity index (χ3n) is 5.33. The molecule has 172 valence electrons. The van der Waals surface area contributed by atoms with Gasteiger partial charge in [-0.15, -0.1) is 0 Å². The minimum atomic E-state index is -4.60. The van der Waals surface area contributed by atoms with Crippen molar-refractivity contribution >= 4 is 29.1 Å². The normalized spacial score (nSPS) is 18.4. The lowest BCUT2D eigenvalue weighted by Gasteiger charge is -2.14. The number of carbonyl (C=O) groups is 2. The molecule has 0 aromatic heterocycles. The lowest BCUT2D eigenvalue weighted by molar-refractivity contribution is -0.137. The lowest BCUT2D eigenvalue weighted by Crippen LogP contribution is -2.42. The van der Waals surface area contributed by atoms with Crippen molar-refractivity contribution in [1.82, 2.24) is 16.0 Å². The van der Waals surface area contributed by atoms with Crippen molar-refractivity contribution < 1.29 is 22.8 Å². The second kappa shape index (κ2) is 9.79. The molecule has 0 saturated carbocycles. The minimum absolute atomic E-state index is 0.101. The molecule has 1 aliphatic heterocycles. The van der Waals surface area contributed by atoms with E-state index in [1.165, 1.54) is 0 Å². The average Bonchev–Trinajstić information content (AvgIpc) is 3.15. The van der Waals surface area contributed by atoms with Crippen LogP contribution in [0.4, 0.5) is 18.9 Å². The topological polar surface area (TPSA) is 96.2 Å². The highest BCUT2D eigenvalue weighted by atomic mass is 35.5. The molecular formula is C22H24ClF3N4O2. The van der Waals surface area contributed by atoms with Crippen LogP contribution in [0.15, 0.2) is 36.4 Å². The van der Waals surface area contributed by atoms with E-state index in [1.807, 2.05) is 25.1 Å². The number of hydrogen-bond acceptors (Lipinski definition) is 4. The Hall–Kier alpha value is -2.78. The van der Waals surface area contributed by atoms with Gasteiger partial charge in [0.15, 0.2) is 0 Å². The zero-order valence-electron chi connectivity index (χ0n) is 17.4. The monoisotopic (exact) mass is 468 g/mol.